The summed E-state index contributed by atoms with van der Waals surface area (Å²) in [6.45, 7) is 3.19. The number of carbonyl (C=O) groups is 2. The standard InChI is InChI=1S/C23H28N2O4/c1-2-5-17-8-10-19(11-9-17)29-16-22(27)24-18-12-14-25(15-13-18)23(28)20-6-3-4-7-21(20)26/h3-4,6-11,18,26H,2,5,12-16H2,1H3,(H,24,27). The number of piperidine rings is 1. The van der Waals surface area contributed by atoms with Crippen LogP contribution in [-0.2, 0) is 11.2 Å². The molecule has 0 radical (unpaired) electrons. The largest absolute Gasteiger partial charge is 0.507 e. The summed E-state index contributed by atoms with van der Waals surface area (Å²) in [6.07, 6.45) is 3.49. The third kappa shape index (κ3) is 5.73. The number of hydrogen-bond acceptors (Lipinski definition) is 4. The van der Waals surface area contributed by atoms with Crippen molar-refractivity contribution in [2.75, 3.05) is 19.7 Å². The van der Waals surface area contributed by atoms with Gasteiger partial charge in [-0.1, -0.05) is 37.6 Å². The fourth-order valence-corrected chi connectivity index (χ4v) is 3.51. The van der Waals surface area contributed by atoms with Crippen molar-refractivity contribution in [3.8, 4) is 11.5 Å². The Labute approximate surface area is 171 Å². The van der Waals surface area contributed by atoms with Crippen molar-refractivity contribution in [3.05, 3.63) is 59.7 Å². The number of likely N-dealkylation sites (tertiary alicyclic amines) is 1. The Morgan fingerprint density at radius 3 is 2.45 bits per heavy atom. The smallest absolute Gasteiger partial charge is 0.258 e. The van der Waals surface area contributed by atoms with E-state index in [1.165, 1.54) is 11.6 Å². The van der Waals surface area contributed by atoms with Crippen LogP contribution < -0.4 is 10.1 Å². The second kappa shape index (κ2) is 9.96. The molecule has 1 aliphatic rings. The van der Waals surface area contributed by atoms with Gasteiger partial charge in [-0.3, -0.25) is 9.59 Å². The molecule has 3 rings (SSSR count). The van der Waals surface area contributed by atoms with Crippen LogP contribution in [0.4, 0.5) is 0 Å². The van der Waals surface area contributed by atoms with E-state index in [9.17, 15) is 14.7 Å². The molecule has 6 nitrogen and oxygen atoms in total. The van der Waals surface area contributed by atoms with Crippen LogP contribution in [0.15, 0.2) is 48.5 Å². The van der Waals surface area contributed by atoms with Gasteiger partial charge in [0.1, 0.15) is 11.5 Å². The fourth-order valence-electron chi connectivity index (χ4n) is 3.51. The van der Waals surface area contributed by atoms with Gasteiger partial charge in [-0.15, -0.1) is 0 Å². The van der Waals surface area contributed by atoms with Gasteiger partial charge in [0.15, 0.2) is 6.61 Å². The first-order valence-electron chi connectivity index (χ1n) is 10.1. The van der Waals surface area contributed by atoms with Crippen LogP contribution in [0.1, 0.15) is 42.1 Å². The zero-order chi connectivity index (χ0) is 20.6. The second-order valence-corrected chi connectivity index (χ2v) is 7.33. The molecular formula is C23H28N2O4. The van der Waals surface area contributed by atoms with Crippen molar-refractivity contribution >= 4 is 11.8 Å². The molecular weight excluding hydrogens is 368 g/mol. The van der Waals surface area contributed by atoms with E-state index in [0.717, 1.165) is 12.8 Å². The minimum Gasteiger partial charge on any atom is -0.507 e. The van der Waals surface area contributed by atoms with Crippen molar-refractivity contribution in [2.24, 2.45) is 0 Å². The first-order chi connectivity index (χ1) is 14.1. The third-order valence-corrected chi connectivity index (χ3v) is 5.11. The number of phenolic OH excluding ortho intramolecular Hbond substituents is 1. The van der Waals surface area contributed by atoms with Crippen LogP contribution in [0.25, 0.3) is 0 Å². The Morgan fingerprint density at radius 1 is 1.10 bits per heavy atom. The molecule has 6 heteroatoms. The van der Waals surface area contributed by atoms with Crippen molar-refractivity contribution in [1.29, 1.82) is 0 Å². The summed E-state index contributed by atoms with van der Waals surface area (Å²) >= 11 is 0. The molecule has 0 spiro atoms. The number of hydrogen-bond donors (Lipinski definition) is 2. The van der Waals surface area contributed by atoms with Crippen LogP contribution in [0, 0.1) is 0 Å². The van der Waals surface area contributed by atoms with Crippen molar-refractivity contribution in [1.82, 2.24) is 10.2 Å². The second-order valence-electron chi connectivity index (χ2n) is 7.33. The lowest BCUT2D eigenvalue weighted by atomic mass is 10.0. The van der Waals surface area contributed by atoms with E-state index < -0.39 is 0 Å². The summed E-state index contributed by atoms with van der Waals surface area (Å²) in [4.78, 5) is 26.4. The summed E-state index contributed by atoms with van der Waals surface area (Å²) in [6, 6.07) is 14.4. The SMILES string of the molecule is CCCc1ccc(OCC(=O)NC2CCN(C(=O)c3ccccc3O)CC2)cc1. The van der Waals surface area contributed by atoms with Crippen LogP contribution in [0.2, 0.25) is 0 Å². The summed E-state index contributed by atoms with van der Waals surface area (Å²) < 4.78 is 5.57. The Balaban J connectivity index is 1.41. The number of aromatic hydroxyl groups is 1. The summed E-state index contributed by atoms with van der Waals surface area (Å²) in [7, 11) is 0. The zero-order valence-electron chi connectivity index (χ0n) is 16.8. The maximum Gasteiger partial charge on any atom is 0.258 e. The van der Waals surface area contributed by atoms with Crippen LogP contribution in [0.3, 0.4) is 0 Å². The van der Waals surface area contributed by atoms with E-state index in [0.29, 0.717) is 37.2 Å². The molecule has 2 amide bonds. The highest BCUT2D eigenvalue weighted by atomic mass is 16.5. The van der Waals surface area contributed by atoms with Crippen molar-refractivity contribution in [3.63, 3.8) is 0 Å². The van der Waals surface area contributed by atoms with Crippen LogP contribution >= 0.6 is 0 Å². The molecule has 29 heavy (non-hydrogen) atoms. The first kappa shape index (κ1) is 20.7. The number of ether oxygens (including phenoxy) is 1. The topological polar surface area (TPSA) is 78.9 Å². The Bertz CT molecular complexity index is 827. The molecule has 1 aliphatic heterocycles. The minimum atomic E-state index is -0.178. The number of amides is 2. The van der Waals surface area contributed by atoms with Crippen molar-refractivity contribution in [2.45, 2.75) is 38.6 Å². The van der Waals surface area contributed by atoms with Gasteiger partial charge in [0.25, 0.3) is 11.8 Å². The van der Waals surface area contributed by atoms with E-state index >= 15 is 0 Å². The predicted molar refractivity (Wildman–Crippen MR) is 111 cm³/mol. The van der Waals surface area contributed by atoms with E-state index in [1.807, 2.05) is 24.3 Å². The summed E-state index contributed by atoms with van der Waals surface area (Å²) in [5.74, 6) is 0.340. The van der Waals surface area contributed by atoms with Crippen LogP contribution in [0.5, 0.6) is 11.5 Å². The van der Waals surface area contributed by atoms with Gasteiger partial charge in [-0.05, 0) is 49.1 Å². The number of phenols is 1. The van der Waals surface area contributed by atoms with Gasteiger partial charge in [0.05, 0.1) is 5.56 Å². The van der Waals surface area contributed by atoms with E-state index in [1.54, 1.807) is 23.1 Å². The molecule has 1 heterocycles. The predicted octanol–water partition coefficient (Wildman–Crippen LogP) is 3.14. The molecule has 0 saturated carbocycles. The van der Waals surface area contributed by atoms with E-state index in [4.69, 9.17) is 4.74 Å². The summed E-state index contributed by atoms with van der Waals surface area (Å²) in [5, 5.41) is 12.8. The number of nitrogens with zero attached hydrogens (tertiary/aromatic N) is 1. The molecule has 0 bridgehead atoms. The molecule has 0 unspecified atom stereocenters. The average molecular weight is 396 g/mol. The Morgan fingerprint density at radius 2 is 1.79 bits per heavy atom. The molecule has 2 aromatic rings. The van der Waals surface area contributed by atoms with Gasteiger partial charge in [-0.2, -0.15) is 0 Å². The number of carbonyl (C=O) groups excluding carboxylic acids is 2. The Hall–Kier alpha value is -3.02. The quantitative estimate of drug-likeness (QED) is 0.754. The summed E-state index contributed by atoms with van der Waals surface area (Å²) in [5.41, 5.74) is 1.57. The molecule has 0 aliphatic carbocycles. The maximum atomic E-state index is 12.5. The fraction of sp³-hybridized carbons (Fsp3) is 0.391. The average Bonchev–Trinajstić information content (AvgIpc) is 2.74. The minimum absolute atomic E-state index is 0.00666. The number of nitrogens with one attached hydrogen (secondary N) is 1. The lowest BCUT2D eigenvalue weighted by Gasteiger charge is -2.32. The number of benzene rings is 2. The highest BCUT2D eigenvalue weighted by Crippen LogP contribution is 2.20. The van der Waals surface area contributed by atoms with Crippen LogP contribution in [-0.4, -0.2) is 47.6 Å². The first-order valence-corrected chi connectivity index (χ1v) is 10.1. The highest BCUT2D eigenvalue weighted by molar-refractivity contribution is 5.96. The highest BCUT2D eigenvalue weighted by Gasteiger charge is 2.25. The van der Waals surface area contributed by atoms with Gasteiger partial charge in [0.2, 0.25) is 0 Å². The van der Waals surface area contributed by atoms with Gasteiger partial charge < -0.3 is 20.1 Å². The zero-order valence-corrected chi connectivity index (χ0v) is 16.8. The monoisotopic (exact) mass is 396 g/mol. The lowest BCUT2D eigenvalue weighted by molar-refractivity contribution is -0.124. The van der Waals surface area contributed by atoms with Gasteiger partial charge in [0, 0.05) is 19.1 Å². The molecule has 154 valence electrons. The number of rotatable bonds is 7. The molecule has 2 aromatic carbocycles. The third-order valence-electron chi connectivity index (χ3n) is 5.11. The van der Waals surface area contributed by atoms with Crippen molar-refractivity contribution < 1.29 is 19.4 Å². The number of para-hydroxylation sites is 1. The maximum absolute atomic E-state index is 12.5. The molecule has 1 saturated heterocycles. The van der Waals surface area contributed by atoms with E-state index in [2.05, 4.69) is 12.2 Å². The molecule has 0 atom stereocenters. The lowest BCUT2D eigenvalue weighted by Crippen LogP contribution is -2.47. The number of aryl methyl sites for hydroxylation is 1. The molecule has 1 fully saturated rings. The molecule has 0 aromatic heterocycles. The Kier molecular flexibility index (Phi) is 7.11. The van der Waals surface area contributed by atoms with Gasteiger partial charge >= 0.3 is 0 Å². The normalized spacial score (nSPS) is 14.4. The molecule has 2 N–H and O–H groups in total. The van der Waals surface area contributed by atoms with E-state index in [-0.39, 0.29) is 30.2 Å². The van der Waals surface area contributed by atoms with Gasteiger partial charge in [-0.25, -0.2) is 0 Å².